The number of nitrogens with zero attached hydrogens (tertiary/aromatic N) is 2. The van der Waals surface area contributed by atoms with Crippen LogP contribution in [0.25, 0.3) is 0 Å². The normalized spacial score (nSPS) is 22.5. The number of rotatable bonds is 3. The van der Waals surface area contributed by atoms with Crippen LogP contribution in [-0.2, 0) is 0 Å². The third-order valence-corrected chi connectivity index (χ3v) is 3.47. The number of nitrogens with two attached hydrogens (primary N) is 2. The van der Waals surface area contributed by atoms with E-state index in [9.17, 15) is 14.9 Å². The molecule has 0 radical (unpaired) electrons. The number of carbonyl (C=O) groups is 1. The molecule has 4 N–H and O–H groups in total. The van der Waals surface area contributed by atoms with Gasteiger partial charge in [0.25, 0.3) is 5.69 Å². The molecule has 1 saturated heterocycles. The summed E-state index contributed by atoms with van der Waals surface area (Å²) in [5.41, 5.74) is 11.8. The standard InChI is InChI=1S/C12H16N4O3/c1-7-5-15(6-9(7)13)11-4-8(12(14)17)2-3-10(11)16(18)19/h2-4,7,9H,5-6,13H2,1H3,(H2,14,17). The Morgan fingerprint density at radius 2 is 2.16 bits per heavy atom. The Morgan fingerprint density at radius 1 is 1.47 bits per heavy atom. The van der Waals surface area contributed by atoms with Gasteiger partial charge in [0.1, 0.15) is 5.69 Å². The third kappa shape index (κ3) is 2.50. The minimum atomic E-state index is -0.604. The average Bonchev–Trinajstić information content (AvgIpc) is 2.68. The number of carbonyl (C=O) groups excluding carboxylic acids is 1. The molecule has 1 aromatic rings. The Hall–Kier alpha value is -2.15. The van der Waals surface area contributed by atoms with Gasteiger partial charge in [-0.1, -0.05) is 6.92 Å². The summed E-state index contributed by atoms with van der Waals surface area (Å²) in [5, 5.41) is 11.1. The van der Waals surface area contributed by atoms with Gasteiger partial charge in [-0.15, -0.1) is 0 Å². The van der Waals surface area contributed by atoms with Crippen LogP contribution >= 0.6 is 0 Å². The molecule has 1 heterocycles. The minimum Gasteiger partial charge on any atom is -0.366 e. The lowest BCUT2D eigenvalue weighted by Gasteiger charge is -2.18. The number of nitro benzene ring substituents is 1. The fourth-order valence-electron chi connectivity index (χ4n) is 2.27. The van der Waals surface area contributed by atoms with Crippen LogP contribution < -0.4 is 16.4 Å². The van der Waals surface area contributed by atoms with Crippen LogP contribution in [0, 0.1) is 16.0 Å². The number of primary amides is 1. The summed E-state index contributed by atoms with van der Waals surface area (Å²) < 4.78 is 0. The molecule has 2 rings (SSSR count). The number of amides is 1. The van der Waals surface area contributed by atoms with Gasteiger partial charge >= 0.3 is 0 Å². The predicted octanol–water partition coefficient (Wildman–Crippen LogP) is 0.477. The predicted molar refractivity (Wildman–Crippen MR) is 71.0 cm³/mol. The summed E-state index contributed by atoms with van der Waals surface area (Å²) >= 11 is 0. The van der Waals surface area contributed by atoms with Crippen LogP contribution in [0.4, 0.5) is 11.4 Å². The maximum atomic E-state index is 11.2. The van der Waals surface area contributed by atoms with Crippen LogP contribution in [0.3, 0.4) is 0 Å². The van der Waals surface area contributed by atoms with Gasteiger partial charge in [0.05, 0.1) is 4.92 Å². The van der Waals surface area contributed by atoms with Crippen LogP contribution in [0.1, 0.15) is 17.3 Å². The van der Waals surface area contributed by atoms with Crippen LogP contribution in [0.15, 0.2) is 18.2 Å². The Labute approximate surface area is 110 Å². The monoisotopic (exact) mass is 264 g/mol. The molecule has 1 aliphatic rings. The number of hydrogen-bond donors (Lipinski definition) is 2. The zero-order valence-electron chi connectivity index (χ0n) is 10.6. The van der Waals surface area contributed by atoms with Crippen molar-refractivity contribution in [1.29, 1.82) is 0 Å². The van der Waals surface area contributed by atoms with Gasteiger partial charge in [0.2, 0.25) is 5.91 Å². The van der Waals surface area contributed by atoms with E-state index in [0.717, 1.165) is 0 Å². The van der Waals surface area contributed by atoms with Gasteiger partial charge in [0, 0.05) is 30.8 Å². The van der Waals surface area contributed by atoms with E-state index >= 15 is 0 Å². The third-order valence-electron chi connectivity index (χ3n) is 3.47. The molecule has 0 bridgehead atoms. The minimum absolute atomic E-state index is 0.0307. The molecule has 1 fully saturated rings. The fourth-order valence-corrected chi connectivity index (χ4v) is 2.27. The van der Waals surface area contributed by atoms with Gasteiger partial charge in [-0.3, -0.25) is 14.9 Å². The van der Waals surface area contributed by atoms with Crippen molar-refractivity contribution < 1.29 is 9.72 Å². The molecule has 0 saturated carbocycles. The molecule has 0 spiro atoms. The summed E-state index contributed by atoms with van der Waals surface area (Å²) in [6.45, 7) is 3.16. The maximum Gasteiger partial charge on any atom is 0.292 e. The molecule has 0 aliphatic carbocycles. The van der Waals surface area contributed by atoms with E-state index in [4.69, 9.17) is 11.5 Å². The summed E-state index contributed by atoms with van der Waals surface area (Å²) in [7, 11) is 0. The molecule has 2 unspecified atom stereocenters. The van der Waals surface area contributed by atoms with Crippen molar-refractivity contribution in [3.05, 3.63) is 33.9 Å². The van der Waals surface area contributed by atoms with E-state index in [2.05, 4.69) is 0 Å². The first kappa shape index (κ1) is 13.3. The Bertz CT molecular complexity index is 522. The smallest absolute Gasteiger partial charge is 0.292 e. The molecule has 7 heteroatoms. The second kappa shape index (κ2) is 4.85. The molecular formula is C12H16N4O3. The molecular weight excluding hydrogens is 248 g/mol. The molecule has 0 aromatic heterocycles. The van der Waals surface area contributed by atoms with Crippen molar-refractivity contribution in [3.63, 3.8) is 0 Å². The van der Waals surface area contributed by atoms with Gasteiger partial charge < -0.3 is 16.4 Å². The SMILES string of the molecule is CC1CN(c2cc(C(N)=O)ccc2[N+](=O)[O-])CC1N. The van der Waals surface area contributed by atoms with Crippen LogP contribution in [0.2, 0.25) is 0 Å². The first-order chi connectivity index (χ1) is 8.90. The van der Waals surface area contributed by atoms with E-state index in [1.54, 1.807) is 0 Å². The highest BCUT2D eigenvalue weighted by Gasteiger charge is 2.31. The molecule has 102 valence electrons. The van der Waals surface area contributed by atoms with E-state index in [-0.39, 0.29) is 23.2 Å². The highest BCUT2D eigenvalue weighted by Crippen LogP contribution is 2.32. The van der Waals surface area contributed by atoms with Gasteiger partial charge in [0.15, 0.2) is 0 Å². The molecule has 19 heavy (non-hydrogen) atoms. The second-order valence-electron chi connectivity index (χ2n) is 4.87. The first-order valence-corrected chi connectivity index (χ1v) is 5.99. The van der Waals surface area contributed by atoms with Crippen LogP contribution in [-0.4, -0.2) is 30.0 Å². The van der Waals surface area contributed by atoms with Crippen molar-refractivity contribution in [3.8, 4) is 0 Å². The lowest BCUT2D eigenvalue weighted by Crippen LogP contribution is -2.28. The first-order valence-electron chi connectivity index (χ1n) is 5.99. The second-order valence-corrected chi connectivity index (χ2v) is 4.87. The Balaban J connectivity index is 2.44. The fraction of sp³-hybridized carbons (Fsp3) is 0.417. The summed E-state index contributed by atoms with van der Waals surface area (Å²) in [5.74, 6) is -0.357. The molecule has 1 amide bonds. The van der Waals surface area contributed by atoms with E-state index in [1.807, 2.05) is 11.8 Å². The number of benzene rings is 1. The quantitative estimate of drug-likeness (QED) is 0.608. The molecule has 1 aliphatic heterocycles. The van der Waals surface area contributed by atoms with E-state index < -0.39 is 10.8 Å². The lowest BCUT2D eigenvalue weighted by molar-refractivity contribution is -0.384. The van der Waals surface area contributed by atoms with E-state index in [1.165, 1.54) is 18.2 Å². The lowest BCUT2D eigenvalue weighted by atomic mass is 10.1. The van der Waals surface area contributed by atoms with Crippen molar-refractivity contribution in [2.75, 3.05) is 18.0 Å². The zero-order valence-corrected chi connectivity index (χ0v) is 10.6. The summed E-state index contributed by atoms with van der Waals surface area (Å²) in [6, 6.07) is 4.11. The van der Waals surface area contributed by atoms with Crippen molar-refractivity contribution in [2.45, 2.75) is 13.0 Å². The van der Waals surface area contributed by atoms with Gasteiger partial charge in [-0.05, 0) is 18.1 Å². The average molecular weight is 264 g/mol. The number of anilines is 1. The maximum absolute atomic E-state index is 11.2. The number of hydrogen-bond acceptors (Lipinski definition) is 5. The van der Waals surface area contributed by atoms with Crippen molar-refractivity contribution in [2.24, 2.45) is 17.4 Å². The summed E-state index contributed by atoms with van der Waals surface area (Å²) in [6.07, 6.45) is 0. The van der Waals surface area contributed by atoms with Crippen LogP contribution in [0.5, 0.6) is 0 Å². The highest BCUT2D eigenvalue weighted by molar-refractivity contribution is 5.94. The largest absolute Gasteiger partial charge is 0.366 e. The van der Waals surface area contributed by atoms with E-state index in [0.29, 0.717) is 18.8 Å². The Kier molecular flexibility index (Phi) is 3.39. The highest BCUT2D eigenvalue weighted by atomic mass is 16.6. The topological polar surface area (TPSA) is 115 Å². The number of nitro groups is 1. The van der Waals surface area contributed by atoms with Gasteiger partial charge in [-0.25, -0.2) is 0 Å². The molecule has 2 atom stereocenters. The van der Waals surface area contributed by atoms with Gasteiger partial charge in [-0.2, -0.15) is 0 Å². The Morgan fingerprint density at radius 3 is 2.63 bits per heavy atom. The van der Waals surface area contributed by atoms with Crippen molar-refractivity contribution in [1.82, 2.24) is 0 Å². The molecule has 7 nitrogen and oxygen atoms in total. The zero-order chi connectivity index (χ0) is 14.2. The molecule has 1 aromatic carbocycles. The summed E-state index contributed by atoms with van der Waals surface area (Å²) in [4.78, 5) is 23.6. The van der Waals surface area contributed by atoms with Crippen molar-refractivity contribution >= 4 is 17.3 Å².